The van der Waals surface area contributed by atoms with Crippen LogP contribution in [0.15, 0.2) is 35.6 Å². The number of rotatable bonds is 6. The first-order chi connectivity index (χ1) is 13.6. The molecule has 1 aliphatic rings. The zero-order valence-electron chi connectivity index (χ0n) is 16.0. The summed E-state index contributed by atoms with van der Waals surface area (Å²) in [6.45, 7) is 4.12. The average molecular weight is 398 g/mol. The molecule has 1 fully saturated rings. The fourth-order valence-electron chi connectivity index (χ4n) is 3.45. The molecule has 3 aromatic rings. The Morgan fingerprint density at radius 2 is 2.04 bits per heavy atom. The maximum absolute atomic E-state index is 12.5. The molecule has 0 aliphatic heterocycles. The minimum absolute atomic E-state index is 0.0978. The van der Waals surface area contributed by atoms with Gasteiger partial charge in [-0.05, 0) is 60.4 Å². The van der Waals surface area contributed by atoms with Gasteiger partial charge < -0.3 is 5.32 Å². The Balaban J connectivity index is 1.40. The van der Waals surface area contributed by atoms with Crippen LogP contribution in [0, 0.1) is 13.8 Å². The number of anilines is 1. The first kappa shape index (κ1) is 18.7. The van der Waals surface area contributed by atoms with E-state index in [0.29, 0.717) is 11.2 Å². The third kappa shape index (κ3) is 3.94. The monoisotopic (exact) mass is 397 g/mol. The SMILES string of the molecule is Cc1ccc(-n2nnnc2SCC(=O)Nc2ccnn2C2CCCC2)cc1C. The molecule has 0 unspecified atom stereocenters. The van der Waals surface area contributed by atoms with Crippen LogP contribution in [-0.2, 0) is 4.79 Å². The lowest BCUT2D eigenvalue weighted by atomic mass is 10.1. The molecule has 2 heterocycles. The van der Waals surface area contributed by atoms with E-state index < -0.39 is 0 Å². The third-order valence-electron chi connectivity index (χ3n) is 5.12. The highest BCUT2D eigenvalue weighted by Crippen LogP contribution is 2.31. The lowest BCUT2D eigenvalue weighted by Crippen LogP contribution is -2.19. The van der Waals surface area contributed by atoms with Crippen molar-refractivity contribution < 1.29 is 4.79 Å². The zero-order chi connectivity index (χ0) is 19.5. The normalized spacial score (nSPS) is 14.5. The van der Waals surface area contributed by atoms with Crippen LogP contribution in [0.3, 0.4) is 0 Å². The topological polar surface area (TPSA) is 90.5 Å². The highest BCUT2D eigenvalue weighted by atomic mass is 32.2. The Kier molecular flexibility index (Phi) is 5.43. The number of aryl methyl sites for hydroxylation is 2. The van der Waals surface area contributed by atoms with E-state index in [1.54, 1.807) is 10.9 Å². The van der Waals surface area contributed by atoms with Gasteiger partial charge >= 0.3 is 0 Å². The number of nitrogens with one attached hydrogen (secondary N) is 1. The largest absolute Gasteiger partial charge is 0.310 e. The van der Waals surface area contributed by atoms with E-state index in [0.717, 1.165) is 24.3 Å². The van der Waals surface area contributed by atoms with Gasteiger partial charge in [-0.3, -0.25) is 4.79 Å². The minimum Gasteiger partial charge on any atom is -0.310 e. The summed E-state index contributed by atoms with van der Waals surface area (Å²) in [4.78, 5) is 12.5. The van der Waals surface area contributed by atoms with Crippen molar-refractivity contribution in [3.05, 3.63) is 41.6 Å². The summed E-state index contributed by atoms with van der Waals surface area (Å²) in [6, 6.07) is 8.28. The van der Waals surface area contributed by atoms with Gasteiger partial charge in [-0.15, -0.1) is 5.10 Å². The standard InChI is InChI=1S/C19H23N7OS/c1-13-7-8-16(11-14(13)2)26-19(22-23-24-26)28-12-18(27)21-17-9-10-20-25(17)15-5-3-4-6-15/h7-11,15H,3-6,12H2,1-2H3,(H,21,27). The van der Waals surface area contributed by atoms with Crippen LogP contribution < -0.4 is 5.32 Å². The van der Waals surface area contributed by atoms with E-state index in [1.807, 2.05) is 28.9 Å². The van der Waals surface area contributed by atoms with Crippen LogP contribution in [0.25, 0.3) is 5.69 Å². The van der Waals surface area contributed by atoms with Crippen LogP contribution in [0.2, 0.25) is 0 Å². The van der Waals surface area contributed by atoms with Gasteiger partial charge in [-0.1, -0.05) is 30.7 Å². The lowest BCUT2D eigenvalue weighted by molar-refractivity contribution is -0.113. The van der Waals surface area contributed by atoms with Gasteiger partial charge in [0.2, 0.25) is 11.1 Å². The molecular formula is C19H23N7OS. The molecule has 1 amide bonds. The number of nitrogens with zero attached hydrogens (tertiary/aromatic N) is 6. The van der Waals surface area contributed by atoms with Gasteiger partial charge in [0.15, 0.2) is 0 Å². The molecule has 28 heavy (non-hydrogen) atoms. The van der Waals surface area contributed by atoms with Gasteiger partial charge in [0, 0.05) is 6.07 Å². The summed E-state index contributed by atoms with van der Waals surface area (Å²) >= 11 is 1.31. The van der Waals surface area contributed by atoms with Crippen molar-refractivity contribution in [3.63, 3.8) is 0 Å². The molecule has 0 atom stereocenters. The summed E-state index contributed by atoms with van der Waals surface area (Å²) in [5, 5.41) is 19.8. The summed E-state index contributed by atoms with van der Waals surface area (Å²) in [5.74, 6) is 0.881. The number of thioether (sulfide) groups is 1. The van der Waals surface area contributed by atoms with Crippen molar-refractivity contribution >= 4 is 23.5 Å². The van der Waals surface area contributed by atoms with Crippen molar-refractivity contribution in [1.82, 2.24) is 30.0 Å². The second-order valence-corrected chi connectivity index (χ2v) is 8.02. The number of amides is 1. The molecule has 8 nitrogen and oxygen atoms in total. The molecule has 1 saturated carbocycles. The van der Waals surface area contributed by atoms with E-state index in [1.165, 1.54) is 35.7 Å². The van der Waals surface area contributed by atoms with Gasteiger partial charge in [0.25, 0.3) is 0 Å². The van der Waals surface area contributed by atoms with Crippen LogP contribution in [0.4, 0.5) is 5.82 Å². The van der Waals surface area contributed by atoms with Gasteiger partial charge in [-0.2, -0.15) is 9.78 Å². The van der Waals surface area contributed by atoms with E-state index in [4.69, 9.17) is 0 Å². The molecule has 0 saturated heterocycles. The van der Waals surface area contributed by atoms with Gasteiger partial charge in [0.1, 0.15) is 5.82 Å². The van der Waals surface area contributed by atoms with E-state index in [9.17, 15) is 4.79 Å². The maximum atomic E-state index is 12.5. The Labute approximate surface area is 167 Å². The molecule has 1 N–H and O–H groups in total. The van der Waals surface area contributed by atoms with Crippen molar-refractivity contribution in [3.8, 4) is 5.69 Å². The second-order valence-electron chi connectivity index (χ2n) is 7.08. The molecular weight excluding hydrogens is 374 g/mol. The smallest absolute Gasteiger partial charge is 0.235 e. The fraction of sp³-hybridized carbons (Fsp3) is 0.421. The molecule has 0 radical (unpaired) electrons. The number of carbonyl (C=O) groups excluding carboxylic acids is 1. The number of hydrogen-bond acceptors (Lipinski definition) is 6. The van der Waals surface area contributed by atoms with Gasteiger partial charge in [-0.25, -0.2) is 4.68 Å². The van der Waals surface area contributed by atoms with Crippen LogP contribution in [-0.4, -0.2) is 41.6 Å². The third-order valence-corrected chi connectivity index (χ3v) is 6.04. The highest BCUT2D eigenvalue weighted by molar-refractivity contribution is 7.99. The highest BCUT2D eigenvalue weighted by Gasteiger charge is 2.21. The molecule has 9 heteroatoms. The number of aromatic nitrogens is 6. The molecule has 146 valence electrons. The summed E-state index contributed by atoms with van der Waals surface area (Å²) in [5.41, 5.74) is 3.27. The average Bonchev–Trinajstić information content (AvgIpc) is 3.43. The summed E-state index contributed by atoms with van der Waals surface area (Å²) in [6.07, 6.45) is 6.40. The molecule has 0 spiro atoms. The van der Waals surface area contributed by atoms with Crippen molar-refractivity contribution in [2.24, 2.45) is 0 Å². The first-order valence-corrected chi connectivity index (χ1v) is 10.4. The first-order valence-electron chi connectivity index (χ1n) is 9.44. The zero-order valence-corrected chi connectivity index (χ0v) is 16.8. The molecule has 0 bridgehead atoms. The second kappa shape index (κ2) is 8.14. The Morgan fingerprint density at radius 3 is 2.82 bits per heavy atom. The van der Waals surface area contributed by atoms with E-state index in [-0.39, 0.29) is 11.7 Å². The van der Waals surface area contributed by atoms with Crippen LogP contribution in [0.1, 0.15) is 42.9 Å². The van der Waals surface area contributed by atoms with E-state index >= 15 is 0 Å². The summed E-state index contributed by atoms with van der Waals surface area (Å²) in [7, 11) is 0. The van der Waals surface area contributed by atoms with E-state index in [2.05, 4.69) is 39.8 Å². The van der Waals surface area contributed by atoms with Crippen molar-refractivity contribution in [2.75, 3.05) is 11.1 Å². The Bertz CT molecular complexity index is 974. The predicted octanol–water partition coefficient (Wildman–Crippen LogP) is 3.32. The minimum atomic E-state index is -0.0978. The summed E-state index contributed by atoms with van der Waals surface area (Å²) < 4.78 is 3.60. The number of benzene rings is 1. The fourth-order valence-corrected chi connectivity index (χ4v) is 4.14. The number of hydrogen-bond donors (Lipinski definition) is 1. The number of tetrazole rings is 1. The predicted molar refractivity (Wildman–Crippen MR) is 108 cm³/mol. The maximum Gasteiger partial charge on any atom is 0.235 e. The quantitative estimate of drug-likeness (QED) is 0.642. The van der Waals surface area contributed by atoms with Crippen molar-refractivity contribution in [1.29, 1.82) is 0 Å². The molecule has 4 rings (SSSR count). The Hall–Kier alpha value is -2.68. The van der Waals surface area contributed by atoms with Crippen LogP contribution >= 0.6 is 11.8 Å². The molecule has 1 aliphatic carbocycles. The molecule has 1 aromatic carbocycles. The van der Waals surface area contributed by atoms with Gasteiger partial charge in [0.05, 0.1) is 23.7 Å². The number of carbonyl (C=O) groups is 1. The van der Waals surface area contributed by atoms with Crippen LogP contribution in [0.5, 0.6) is 0 Å². The Morgan fingerprint density at radius 1 is 1.21 bits per heavy atom. The lowest BCUT2D eigenvalue weighted by Gasteiger charge is -2.14. The van der Waals surface area contributed by atoms with Crippen molar-refractivity contribution in [2.45, 2.75) is 50.7 Å². The molecule has 2 aromatic heterocycles.